The molecule has 1 rings (SSSR count). The standard InChI is InChI=1S/C8H10N2O4/c11-6(1-7(12)13)8(14)5-2-9-4-10-3-5/h2-4,6,8,11,14H,1H2,(H,12,13). The molecule has 14 heavy (non-hydrogen) atoms. The lowest BCUT2D eigenvalue weighted by atomic mass is 10.1. The molecule has 0 radical (unpaired) electrons. The lowest BCUT2D eigenvalue weighted by molar-refractivity contribution is -0.141. The molecular formula is C8H10N2O4. The molecule has 2 atom stereocenters. The van der Waals surface area contributed by atoms with Gasteiger partial charge in [-0.1, -0.05) is 0 Å². The van der Waals surface area contributed by atoms with Crippen LogP contribution in [-0.4, -0.2) is 37.4 Å². The maximum Gasteiger partial charge on any atom is 0.306 e. The predicted molar refractivity (Wildman–Crippen MR) is 45.3 cm³/mol. The van der Waals surface area contributed by atoms with E-state index in [2.05, 4.69) is 9.97 Å². The Morgan fingerprint density at radius 1 is 1.36 bits per heavy atom. The van der Waals surface area contributed by atoms with Crippen LogP contribution in [0.4, 0.5) is 0 Å². The molecule has 0 bridgehead atoms. The van der Waals surface area contributed by atoms with E-state index < -0.39 is 24.6 Å². The van der Waals surface area contributed by atoms with Crippen molar-refractivity contribution in [1.29, 1.82) is 0 Å². The molecule has 0 saturated heterocycles. The Kier molecular flexibility index (Phi) is 3.49. The molecule has 0 amide bonds. The fourth-order valence-electron chi connectivity index (χ4n) is 0.976. The smallest absolute Gasteiger partial charge is 0.306 e. The molecule has 2 unspecified atom stereocenters. The number of hydrogen-bond acceptors (Lipinski definition) is 5. The fraction of sp³-hybridized carbons (Fsp3) is 0.375. The van der Waals surface area contributed by atoms with Crippen molar-refractivity contribution in [2.24, 2.45) is 0 Å². The van der Waals surface area contributed by atoms with Crippen molar-refractivity contribution >= 4 is 5.97 Å². The van der Waals surface area contributed by atoms with Gasteiger partial charge in [-0.25, -0.2) is 9.97 Å². The molecule has 0 saturated carbocycles. The van der Waals surface area contributed by atoms with Gasteiger partial charge in [-0.05, 0) is 0 Å². The predicted octanol–water partition coefficient (Wildman–Crippen LogP) is -0.654. The van der Waals surface area contributed by atoms with Crippen LogP contribution in [0, 0.1) is 0 Å². The number of aliphatic carboxylic acids is 1. The van der Waals surface area contributed by atoms with E-state index in [-0.39, 0.29) is 0 Å². The van der Waals surface area contributed by atoms with Crippen LogP contribution in [0.25, 0.3) is 0 Å². The molecule has 76 valence electrons. The molecule has 0 aromatic carbocycles. The topological polar surface area (TPSA) is 104 Å². The van der Waals surface area contributed by atoms with Gasteiger partial charge in [0.1, 0.15) is 12.4 Å². The largest absolute Gasteiger partial charge is 0.481 e. The first-order valence-electron chi connectivity index (χ1n) is 3.94. The van der Waals surface area contributed by atoms with Crippen molar-refractivity contribution in [1.82, 2.24) is 9.97 Å². The summed E-state index contributed by atoms with van der Waals surface area (Å²) < 4.78 is 0. The Morgan fingerprint density at radius 3 is 2.43 bits per heavy atom. The summed E-state index contributed by atoms with van der Waals surface area (Å²) >= 11 is 0. The second-order valence-corrected chi connectivity index (χ2v) is 2.78. The lowest BCUT2D eigenvalue weighted by Gasteiger charge is -2.15. The molecule has 0 spiro atoms. The van der Waals surface area contributed by atoms with Crippen LogP contribution in [0.1, 0.15) is 18.1 Å². The highest BCUT2D eigenvalue weighted by Crippen LogP contribution is 2.16. The monoisotopic (exact) mass is 198 g/mol. The maximum absolute atomic E-state index is 10.2. The second kappa shape index (κ2) is 4.64. The minimum absolute atomic E-state index is 0.293. The zero-order valence-electron chi connectivity index (χ0n) is 7.24. The first-order chi connectivity index (χ1) is 6.61. The van der Waals surface area contributed by atoms with E-state index in [1.54, 1.807) is 0 Å². The summed E-state index contributed by atoms with van der Waals surface area (Å²) in [7, 11) is 0. The maximum atomic E-state index is 10.2. The van der Waals surface area contributed by atoms with Crippen LogP contribution in [0.5, 0.6) is 0 Å². The van der Waals surface area contributed by atoms with E-state index >= 15 is 0 Å². The summed E-state index contributed by atoms with van der Waals surface area (Å²) in [6, 6.07) is 0. The molecule has 1 heterocycles. The average Bonchev–Trinajstić information content (AvgIpc) is 2.17. The van der Waals surface area contributed by atoms with Gasteiger partial charge in [0.2, 0.25) is 0 Å². The number of aromatic nitrogens is 2. The van der Waals surface area contributed by atoms with E-state index in [1.807, 2.05) is 0 Å². The van der Waals surface area contributed by atoms with E-state index in [0.29, 0.717) is 5.56 Å². The van der Waals surface area contributed by atoms with Gasteiger partial charge in [0.05, 0.1) is 12.5 Å². The summed E-state index contributed by atoms with van der Waals surface area (Å²) in [4.78, 5) is 17.5. The summed E-state index contributed by atoms with van der Waals surface area (Å²) in [6.45, 7) is 0. The molecule has 1 aromatic heterocycles. The quantitative estimate of drug-likeness (QED) is 0.593. The molecule has 6 nitrogen and oxygen atoms in total. The molecule has 1 aromatic rings. The minimum atomic E-state index is -1.35. The van der Waals surface area contributed by atoms with Crippen molar-refractivity contribution in [2.75, 3.05) is 0 Å². The van der Waals surface area contributed by atoms with Crippen molar-refractivity contribution < 1.29 is 20.1 Å². The number of aliphatic hydroxyl groups is 2. The number of carboxylic acid groups (broad SMARTS) is 1. The highest BCUT2D eigenvalue weighted by atomic mass is 16.4. The summed E-state index contributed by atoms with van der Waals surface area (Å²) in [5.74, 6) is -1.17. The summed E-state index contributed by atoms with van der Waals surface area (Å²) in [5.41, 5.74) is 0.293. The Bertz CT molecular complexity index is 303. The highest BCUT2D eigenvalue weighted by Gasteiger charge is 2.21. The highest BCUT2D eigenvalue weighted by molar-refractivity contribution is 5.67. The normalized spacial score (nSPS) is 14.7. The molecule has 0 fully saturated rings. The van der Waals surface area contributed by atoms with Gasteiger partial charge in [-0.3, -0.25) is 4.79 Å². The van der Waals surface area contributed by atoms with Crippen LogP contribution in [0.2, 0.25) is 0 Å². The van der Waals surface area contributed by atoms with Gasteiger partial charge in [-0.15, -0.1) is 0 Å². The zero-order valence-corrected chi connectivity index (χ0v) is 7.24. The number of aliphatic hydroxyl groups excluding tert-OH is 2. The van der Waals surface area contributed by atoms with Crippen molar-refractivity contribution in [3.05, 3.63) is 24.3 Å². The third kappa shape index (κ3) is 2.75. The average molecular weight is 198 g/mol. The third-order valence-electron chi connectivity index (χ3n) is 1.67. The molecule has 6 heteroatoms. The number of carbonyl (C=O) groups is 1. The van der Waals surface area contributed by atoms with Gasteiger partial charge < -0.3 is 15.3 Å². The van der Waals surface area contributed by atoms with Crippen LogP contribution >= 0.6 is 0 Å². The van der Waals surface area contributed by atoms with Crippen LogP contribution in [0.3, 0.4) is 0 Å². The SMILES string of the molecule is O=C(O)CC(O)C(O)c1cncnc1. The first-order valence-corrected chi connectivity index (χ1v) is 3.94. The Hall–Kier alpha value is -1.53. The minimum Gasteiger partial charge on any atom is -0.481 e. The number of carboxylic acids is 1. The van der Waals surface area contributed by atoms with E-state index in [4.69, 9.17) is 5.11 Å². The molecule has 0 aliphatic carbocycles. The zero-order chi connectivity index (χ0) is 10.6. The Balaban J connectivity index is 2.65. The molecule has 3 N–H and O–H groups in total. The van der Waals surface area contributed by atoms with Gasteiger partial charge >= 0.3 is 5.97 Å². The second-order valence-electron chi connectivity index (χ2n) is 2.78. The molecular weight excluding hydrogens is 188 g/mol. The van der Waals surface area contributed by atoms with E-state index in [9.17, 15) is 15.0 Å². The van der Waals surface area contributed by atoms with E-state index in [1.165, 1.54) is 18.7 Å². The third-order valence-corrected chi connectivity index (χ3v) is 1.67. The van der Waals surface area contributed by atoms with Crippen molar-refractivity contribution in [3.63, 3.8) is 0 Å². The number of rotatable bonds is 4. The summed E-state index contributed by atoms with van der Waals surface area (Å²) in [5, 5.41) is 27.1. The van der Waals surface area contributed by atoms with Crippen LogP contribution in [0.15, 0.2) is 18.7 Å². The Morgan fingerprint density at radius 2 is 1.93 bits per heavy atom. The van der Waals surface area contributed by atoms with Crippen molar-refractivity contribution in [3.8, 4) is 0 Å². The lowest BCUT2D eigenvalue weighted by Crippen LogP contribution is -2.21. The van der Waals surface area contributed by atoms with Gasteiger partial charge in [0.15, 0.2) is 0 Å². The fourth-order valence-corrected chi connectivity index (χ4v) is 0.976. The van der Waals surface area contributed by atoms with Gasteiger partial charge in [0, 0.05) is 18.0 Å². The van der Waals surface area contributed by atoms with Crippen LogP contribution < -0.4 is 0 Å². The van der Waals surface area contributed by atoms with Gasteiger partial charge in [-0.2, -0.15) is 0 Å². The van der Waals surface area contributed by atoms with E-state index in [0.717, 1.165) is 0 Å². The van der Waals surface area contributed by atoms with Gasteiger partial charge in [0.25, 0.3) is 0 Å². The number of hydrogen-bond donors (Lipinski definition) is 3. The first kappa shape index (κ1) is 10.6. The molecule has 0 aliphatic heterocycles. The van der Waals surface area contributed by atoms with Crippen molar-refractivity contribution in [2.45, 2.75) is 18.6 Å². The molecule has 0 aliphatic rings. The van der Waals surface area contributed by atoms with Crippen LogP contribution in [-0.2, 0) is 4.79 Å². The Labute approximate surface area is 79.9 Å². The number of nitrogens with zero attached hydrogens (tertiary/aromatic N) is 2. The summed E-state index contributed by atoms with van der Waals surface area (Å²) in [6.07, 6.45) is 0.784.